The van der Waals surface area contributed by atoms with Gasteiger partial charge in [0.2, 0.25) is 0 Å². The van der Waals surface area contributed by atoms with Crippen LogP contribution in [0.2, 0.25) is 0 Å². The lowest BCUT2D eigenvalue weighted by Gasteiger charge is -2.40. The molecule has 16 heavy (non-hydrogen) atoms. The van der Waals surface area contributed by atoms with E-state index in [0.717, 1.165) is 22.8 Å². The third kappa shape index (κ3) is 2.33. The highest BCUT2D eigenvalue weighted by molar-refractivity contribution is 9.09. The maximum atomic E-state index is 3.84. The Morgan fingerprint density at radius 1 is 0.875 bits per heavy atom. The predicted octanol–water partition coefficient (Wildman–Crippen LogP) is 3.96. The average Bonchev–Trinajstić information content (AvgIpc) is 2.54. The van der Waals surface area contributed by atoms with Gasteiger partial charge in [-0.25, -0.2) is 0 Å². The van der Waals surface area contributed by atoms with Gasteiger partial charge < -0.3 is 0 Å². The minimum atomic E-state index is 0.813. The SMILES string of the molecule is BrC1CC2CCC(C1)N2CC1CCCCC1. The molecule has 2 saturated heterocycles. The van der Waals surface area contributed by atoms with Crippen molar-refractivity contribution >= 4 is 15.9 Å². The standard InChI is InChI=1S/C14H24BrN/c15-12-8-13-6-7-14(9-12)16(13)10-11-4-2-1-3-5-11/h11-14H,1-10H2. The smallest absolute Gasteiger partial charge is 0.0175 e. The van der Waals surface area contributed by atoms with Crippen LogP contribution in [0.15, 0.2) is 0 Å². The van der Waals surface area contributed by atoms with Crippen LogP contribution in [-0.4, -0.2) is 28.4 Å². The summed E-state index contributed by atoms with van der Waals surface area (Å²) in [6.45, 7) is 1.43. The molecule has 2 atom stereocenters. The maximum Gasteiger partial charge on any atom is 0.0175 e. The Hall–Kier alpha value is 0.440. The Bertz CT molecular complexity index is 223. The predicted molar refractivity (Wildman–Crippen MR) is 72.0 cm³/mol. The number of hydrogen-bond acceptors (Lipinski definition) is 1. The summed E-state index contributed by atoms with van der Waals surface area (Å²) in [6, 6.07) is 1.84. The molecule has 2 aliphatic heterocycles. The van der Waals surface area contributed by atoms with Gasteiger partial charge in [-0.15, -0.1) is 0 Å². The molecule has 1 nitrogen and oxygen atoms in total. The lowest BCUT2D eigenvalue weighted by Crippen LogP contribution is -2.45. The number of halogens is 1. The second-order valence-corrected chi connectivity index (χ2v) is 7.45. The summed E-state index contributed by atoms with van der Waals surface area (Å²) in [6.07, 6.45) is 13.3. The summed E-state index contributed by atoms with van der Waals surface area (Å²) in [5.41, 5.74) is 0. The molecule has 2 unspecified atom stereocenters. The normalized spacial score (nSPS) is 41.4. The lowest BCUT2D eigenvalue weighted by atomic mass is 9.88. The van der Waals surface area contributed by atoms with E-state index in [0.29, 0.717) is 0 Å². The number of alkyl halides is 1. The molecular formula is C14H24BrN. The first-order valence-corrected chi connectivity index (χ1v) is 8.14. The van der Waals surface area contributed by atoms with Crippen LogP contribution in [0.3, 0.4) is 0 Å². The van der Waals surface area contributed by atoms with Crippen LogP contribution in [-0.2, 0) is 0 Å². The van der Waals surface area contributed by atoms with Crippen LogP contribution in [0.1, 0.15) is 57.8 Å². The number of piperidine rings is 1. The quantitative estimate of drug-likeness (QED) is 0.695. The van der Waals surface area contributed by atoms with E-state index in [1.54, 1.807) is 0 Å². The molecule has 0 N–H and O–H groups in total. The summed E-state index contributed by atoms with van der Waals surface area (Å²) >= 11 is 3.84. The molecule has 1 aliphatic carbocycles. The van der Waals surface area contributed by atoms with Crippen LogP contribution in [0.5, 0.6) is 0 Å². The molecule has 3 fully saturated rings. The van der Waals surface area contributed by atoms with Gasteiger partial charge in [0.15, 0.2) is 0 Å². The molecule has 0 aromatic rings. The van der Waals surface area contributed by atoms with Crippen LogP contribution in [0.4, 0.5) is 0 Å². The van der Waals surface area contributed by atoms with Crippen molar-refractivity contribution in [3.05, 3.63) is 0 Å². The van der Waals surface area contributed by atoms with Crippen molar-refractivity contribution in [1.29, 1.82) is 0 Å². The first kappa shape index (κ1) is 11.5. The Balaban J connectivity index is 1.58. The molecule has 0 radical (unpaired) electrons. The fraction of sp³-hybridized carbons (Fsp3) is 1.00. The zero-order valence-electron chi connectivity index (χ0n) is 10.2. The lowest BCUT2D eigenvalue weighted by molar-refractivity contribution is 0.110. The molecule has 2 bridgehead atoms. The fourth-order valence-electron chi connectivity index (χ4n) is 4.17. The van der Waals surface area contributed by atoms with Gasteiger partial charge in [-0.2, -0.15) is 0 Å². The summed E-state index contributed by atoms with van der Waals surface area (Å²) in [4.78, 5) is 3.70. The monoisotopic (exact) mass is 285 g/mol. The molecule has 0 spiro atoms. The Morgan fingerprint density at radius 2 is 1.50 bits per heavy atom. The minimum absolute atomic E-state index is 0.813. The molecule has 0 amide bonds. The molecular weight excluding hydrogens is 262 g/mol. The van der Waals surface area contributed by atoms with Crippen molar-refractivity contribution < 1.29 is 0 Å². The van der Waals surface area contributed by atoms with Gasteiger partial charge in [-0.3, -0.25) is 4.90 Å². The van der Waals surface area contributed by atoms with Gasteiger partial charge in [-0.1, -0.05) is 35.2 Å². The summed E-state index contributed by atoms with van der Waals surface area (Å²) in [5.74, 6) is 1.03. The zero-order chi connectivity index (χ0) is 11.0. The first-order valence-electron chi connectivity index (χ1n) is 7.23. The van der Waals surface area contributed by atoms with Crippen LogP contribution < -0.4 is 0 Å². The Morgan fingerprint density at radius 3 is 2.12 bits per heavy atom. The highest BCUT2D eigenvalue weighted by atomic mass is 79.9. The van der Waals surface area contributed by atoms with Crippen molar-refractivity contribution in [3.8, 4) is 0 Å². The zero-order valence-corrected chi connectivity index (χ0v) is 11.8. The second kappa shape index (κ2) is 4.97. The third-order valence-electron chi connectivity index (χ3n) is 5.02. The topological polar surface area (TPSA) is 3.24 Å². The third-order valence-corrected chi connectivity index (χ3v) is 5.77. The molecule has 1 saturated carbocycles. The van der Waals surface area contributed by atoms with Gasteiger partial charge in [0.1, 0.15) is 0 Å². The largest absolute Gasteiger partial charge is 0.297 e. The van der Waals surface area contributed by atoms with Crippen molar-refractivity contribution in [2.45, 2.75) is 74.7 Å². The molecule has 92 valence electrons. The van der Waals surface area contributed by atoms with Gasteiger partial charge >= 0.3 is 0 Å². The molecule has 2 heterocycles. The van der Waals surface area contributed by atoms with Crippen molar-refractivity contribution in [1.82, 2.24) is 4.90 Å². The second-order valence-electron chi connectivity index (χ2n) is 6.15. The number of hydrogen-bond donors (Lipinski definition) is 0. The molecule has 3 aliphatic rings. The van der Waals surface area contributed by atoms with E-state index in [1.807, 2.05) is 0 Å². The van der Waals surface area contributed by atoms with E-state index in [2.05, 4.69) is 20.8 Å². The molecule has 0 aromatic carbocycles. The van der Waals surface area contributed by atoms with Gasteiger partial charge in [0.05, 0.1) is 0 Å². The van der Waals surface area contributed by atoms with E-state index in [-0.39, 0.29) is 0 Å². The van der Waals surface area contributed by atoms with E-state index < -0.39 is 0 Å². The van der Waals surface area contributed by atoms with Crippen LogP contribution in [0, 0.1) is 5.92 Å². The van der Waals surface area contributed by atoms with Crippen LogP contribution in [0.25, 0.3) is 0 Å². The Kier molecular flexibility index (Phi) is 3.58. The Labute approximate surface area is 108 Å². The van der Waals surface area contributed by atoms with Gasteiger partial charge in [0.25, 0.3) is 0 Å². The molecule has 0 aromatic heterocycles. The fourth-order valence-corrected chi connectivity index (χ4v) is 5.04. The van der Waals surface area contributed by atoms with Gasteiger partial charge in [-0.05, 0) is 44.4 Å². The molecule has 2 heteroatoms. The van der Waals surface area contributed by atoms with Crippen molar-refractivity contribution in [2.24, 2.45) is 5.92 Å². The van der Waals surface area contributed by atoms with E-state index >= 15 is 0 Å². The summed E-state index contributed by atoms with van der Waals surface area (Å²) in [7, 11) is 0. The van der Waals surface area contributed by atoms with E-state index in [1.165, 1.54) is 64.3 Å². The van der Waals surface area contributed by atoms with Crippen LogP contribution >= 0.6 is 15.9 Å². The van der Waals surface area contributed by atoms with Gasteiger partial charge in [0, 0.05) is 23.5 Å². The summed E-state index contributed by atoms with van der Waals surface area (Å²) < 4.78 is 0. The van der Waals surface area contributed by atoms with Crippen molar-refractivity contribution in [3.63, 3.8) is 0 Å². The highest BCUT2D eigenvalue weighted by Gasteiger charge is 2.40. The highest BCUT2D eigenvalue weighted by Crippen LogP contribution is 2.39. The van der Waals surface area contributed by atoms with E-state index in [4.69, 9.17) is 0 Å². The number of fused-ring (bicyclic) bond motifs is 2. The number of nitrogens with zero attached hydrogens (tertiary/aromatic N) is 1. The number of rotatable bonds is 2. The summed E-state index contributed by atoms with van der Waals surface area (Å²) in [5, 5.41) is 0. The average molecular weight is 286 g/mol. The first-order chi connectivity index (χ1) is 7.83. The maximum absolute atomic E-state index is 3.84. The minimum Gasteiger partial charge on any atom is -0.297 e. The molecule has 3 rings (SSSR count). The van der Waals surface area contributed by atoms with E-state index in [9.17, 15) is 0 Å². The van der Waals surface area contributed by atoms with Crippen molar-refractivity contribution in [2.75, 3.05) is 6.54 Å².